The second kappa shape index (κ2) is 6.51. The van der Waals surface area contributed by atoms with Crippen molar-refractivity contribution in [2.24, 2.45) is 7.05 Å². The summed E-state index contributed by atoms with van der Waals surface area (Å²) in [4.78, 5) is 4.57. The first-order chi connectivity index (χ1) is 15.1. The maximum atomic E-state index is 14.2. The Balaban J connectivity index is 1.71. The molecular formula is C26H18FN2O2+. The molecule has 0 spiro atoms. The third-order valence-electron chi connectivity index (χ3n) is 5.89. The number of nitrogens with zero attached hydrogens (tertiary/aromatic N) is 2. The second-order valence-electron chi connectivity index (χ2n) is 7.63. The average molecular weight is 409 g/mol. The van der Waals surface area contributed by atoms with Gasteiger partial charge < -0.3 is 9.47 Å². The predicted molar refractivity (Wildman–Crippen MR) is 118 cm³/mol. The molecule has 0 amide bonds. The SMILES string of the molecule is COc1cccc(-c2ccc3c4cccc5c4c([n+](C)c3c2)-c2cc(F)ccc2O5)n1. The summed E-state index contributed by atoms with van der Waals surface area (Å²) in [7, 11) is 3.62. The number of fused-ring (bicyclic) bond motifs is 4. The van der Waals surface area contributed by atoms with Crippen LogP contribution in [0, 0.1) is 5.82 Å². The normalized spacial score (nSPS) is 12.0. The Bertz CT molecular complexity index is 1530. The van der Waals surface area contributed by atoms with Crippen LogP contribution in [0.5, 0.6) is 17.4 Å². The number of halogens is 1. The second-order valence-corrected chi connectivity index (χ2v) is 7.63. The fraction of sp³-hybridized carbons (Fsp3) is 0.0769. The van der Waals surface area contributed by atoms with Gasteiger partial charge in [0.2, 0.25) is 17.1 Å². The predicted octanol–water partition coefficient (Wildman–Crippen LogP) is 5.80. The third kappa shape index (κ3) is 2.60. The highest BCUT2D eigenvalue weighted by Gasteiger charge is 2.30. The van der Waals surface area contributed by atoms with Crippen molar-refractivity contribution in [3.8, 4) is 39.9 Å². The van der Waals surface area contributed by atoms with Gasteiger partial charge in [-0.25, -0.2) is 9.37 Å². The van der Waals surface area contributed by atoms with Gasteiger partial charge in [-0.1, -0.05) is 24.3 Å². The van der Waals surface area contributed by atoms with Crippen molar-refractivity contribution >= 4 is 21.7 Å². The Kier molecular flexibility index (Phi) is 3.74. The van der Waals surface area contributed by atoms with Crippen LogP contribution in [0.1, 0.15) is 0 Å². The first kappa shape index (κ1) is 17.8. The van der Waals surface area contributed by atoms with Crippen LogP contribution in [0.3, 0.4) is 0 Å². The van der Waals surface area contributed by atoms with Crippen LogP contribution in [-0.2, 0) is 7.05 Å². The van der Waals surface area contributed by atoms with Crippen LogP contribution in [0.25, 0.3) is 44.2 Å². The molecule has 6 rings (SSSR count). The lowest BCUT2D eigenvalue weighted by Gasteiger charge is -2.20. The van der Waals surface area contributed by atoms with Gasteiger partial charge in [0.25, 0.3) is 0 Å². The van der Waals surface area contributed by atoms with E-state index in [0.29, 0.717) is 11.6 Å². The van der Waals surface area contributed by atoms with E-state index >= 15 is 0 Å². The van der Waals surface area contributed by atoms with Crippen molar-refractivity contribution < 1.29 is 18.4 Å². The summed E-state index contributed by atoms with van der Waals surface area (Å²) in [5, 5.41) is 3.15. The van der Waals surface area contributed by atoms with Crippen molar-refractivity contribution in [1.82, 2.24) is 4.98 Å². The molecule has 0 N–H and O–H groups in total. The number of pyridine rings is 2. The fourth-order valence-electron chi connectivity index (χ4n) is 4.47. The molecule has 3 heterocycles. The van der Waals surface area contributed by atoms with Crippen LogP contribution in [-0.4, -0.2) is 12.1 Å². The Morgan fingerprint density at radius 1 is 0.903 bits per heavy atom. The molecule has 0 saturated heterocycles. The van der Waals surface area contributed by atoms with Gasteiger partial charge in [-0.05, 0) is 36.4 Å². The van der Waals surface area contributed by atoms with E-state index in [1.807, 2.05) is 37.4 Å². The number of hydrogen-bond donors (Lipinski definition) is 0. The van der Waals surface area contributed by atoms with Gasteiger partial charge in [-0.15, -0.1) is 0 Å². The molecule has 0 aliphatic carbocycles. The zero-order valence-corrected chi connectivity index (χ0v) is 17.0. The number of aromatic nitrogens is 2. The summed E-state index contributed by atoms with van der Waals surface area (Å²) in [5.74, 6) is 1.72. The lowest BCUT2D eigenvalue weighted by molar-refractivity contribution is -0.632. The van der Waals surface area contributed by atoms with Gasteiger partial charge >= 0.3 is 0 Å². The molecule has 5 aromatic rings. The van der Waals surface area contributed by atoms with E-state index in [1.165, 1.54) is 6.07 Å². The molecule has 0 radical (unpaired) electrons. The van der Waals surface area contributed by atoms with Crippen LogP contribution < -0.4 is 14.0 Å². The fourth-order valence-corrected chi connectivity index (χ4v) is 4.47. The standard InChI is InChI=1S/C26H18FN2O2/c1-29-21-13-15(20-6-4-8-24(28-20)30-2)9-11-17(21)18-5-3-7-23-25(18)26(29)19-14-16(27)10-12-22(19)31-23/h3-14H,1-2H3/q+1. The van der Waals surface area contributed by atoms with E-state index in [0.717, 1.165) is 49.9 Å². The van der Waals surface area contributed by atoms with Crippen LogP contribution >= 0.6 is 0 Å². The Morgan fingerprint density at radius 2 is 1.77 bits per heavy atom. The summed E-state index contributed by atoms with van der Waals surface area (Å²) < 4.78 is 27.7. The smallest absolute Gasteiger partial charge is 0.228 e. The van der Waals surface area contributed by atoms with E-state index in [9.17, 15) is 4.39 Å². The highest BCUT2D eigenvalue weighted by molar-refractivity contribution is 6.13. The molecule has 1 aliphatic heterocycles. The van der Waals surface area contributed by atoms with Crippen molar-refractivity contribution in [2.45, 2.75) is 0 Å². The summed E-state index contributed by atoms with van der Waals surface area (Å²) >= 11 is 0. The van der Waals surface area contributed by atoms with Gasteiger partial charge in [0.05, 0.1) is 29.1 Å². The summed E-state index contributed by atoms with van der Waals surface area (Å²) in [6, 6.07) is 22.7. The van der Waals surface area contributed by atoms with E-state index in [2.05, 4.69) is 33.8 Å². The quantitative estimate of drug-likeness (QED) is 0.268. The Labute approximate surface area is 178 Å². The maximum Gasteiger partial charge on any atom is 0.228 e. The first-order valence-electron chi connectivity index (χ1n) is 10.0. The van der Waals surface area contributed by atoms with Gasteiger partial charge in [0, 0.05) is 23.1 Å². The molecule has 31 heavy (non-hydrogen) atoms. The topological polar surface area (TPSA) is 35.2 Å². The molecule has 0 atom stereocenters. The van der Waals surface area contributed by atoms with E-state index in [1.54, 1.807) is 19.2 Å². The number of rotatable bonds is 2. The molecule has 0 saturated carbocycles. The van der Waals surface area contributed by atoms with Crippen molar-refractivity contribution in [1.29, 1.82) is 0 Å². The highest BCUT2D eigenvalue weighted by atomic mass is 19.1. The first-order valence-corrected chi connectivity index (χ1v) is 10.0. The van der Waals surface area contributed by atoms with Crippen molar-refractivity contribution in [3.63, 3.8) is 0 Å². The van der Waals surface area contributed by atoms with Gasteiger partial charge in [0.1, 0.15) is 24.4 Å². The van der Waals surface area contributed by atoms with E-state index in [4.69, 9.17) is 9.47 Å². The molecule has 2 aromatic heterocycles. The van der Waals surface area contributed by atoms with Gasteiger partial charge in [0.15, 0.2) is 0 Å². The number of hydrogen-bond acceptors (Lipinski definition) is 3. The van der Waals surface area contributed by atoms with E-state index in [-0.39, 0.29) is 5.82 Å². The van der Waals surface area contributed by atoms with Crippen molar-refractivity contribution in [3.05, 3.63) is 78.6 Å². The molecule has 4 nitrogen and oxygen atoms in total. The van der Waals surface area contributed by atoms with Crippen LogP contribution in [0.15, 0.2) is 72.8 Å². The number of benzene rings is 3. The van der Waals surface area contributed by atoms with Gasteiger partial charge in [-0.3, -0.25) is 0 Å². The monoisotopic (exact) mass is 409 g/mol. The minimum Gasteiger partial charge on any atom is -0.481 e. The molecular weight excluding hydrogens is 391 g/mol. The number of ether oxygens (including phenoxy) is 2. The summed E-state index contributed by atoms with van der Waals surface area (Å²) in [6.45, 7) is 0. The molecule has 150 valence electrons. The van der Waals surface area contributed by atoms with Crippen LogP contribution in [0.4, 0.5) is 4.39 Å². The van der Waals surface area contributed by atoms with Crippen molar-refractivity contribution in [2.75, 3.05) is 7.11 Å². The zero-order chi connectivity index (χ0) is 21.1. The largest absolute Gasteiger partial charge is 0.481 e. The maximum absolute atomic E-state index is 14.2. The summed E-state index contributed by atoms with van der Waals surface area (Å²) in [5.41, 5.74) is 4.53. The molecule has 0 bridgehead atoms. The Morgan fingerprint density at radius 3 is 2.65 bits per heavy atom. The zero-order valence-electron chi connectivity index (χ0n) is 17.0. The lowest BCUT2D eigenvalue weighted by Crippen LogP contribution is -2.33. The molecule has 5 heteroatoms. The number of aryl methyl sites for hydroxylation is 1. The molecule has 3 aromatic carbocycles. The van der Waals surface area contributed by atoms with E-state index < -0.39 is 0 Å². The highest BCUT2D eigenvalue weighted by Crippen LogP contribution is 2.46. The minimum atomic E-state index is -0.288. The Hall–Kier alpha value is -3.99. The van der Waals surface area contributed by atoms with Crippen LogP contribution in [0.2, 0.25) is 0 Å². The minimum absolute atomic E-state index is 0.288. The third-order valence-corrected chi connectivity index (χ3v) is 5.89. The molecule has 0 fully saturated rings. The van der Waals surface area contributed by atoms with Gasteiger partial charge in [-0.2, -0.15) is 4.57 Å². The summed E-state index contributed by atoms with van der Waals surface area (Å²) in [6.07, 6.45) is 0. The lowest BCUT2D eigenvalue weighted by atomic mass is 9.95. The number of methoxy groups -OCH3 is 1. The molecule has 0 unspecified atom stereocenters. The molecule has 1 aliphatic rings. The average Bonchev–Trinajstić information content (AvgIpc) is 2.81.